The van der Waals surface area contributed by atoms with Crippen LogP contribution in [0.15, 0.2) is 0 Å². The van der Waals surface area contributed by atoms with Gasteiger partial charge in [-0.05, 0) is 53.6 Å². The molecule has 3 N–H and O–H groups in total. The average molecular weight is 326 g/mol. The zero-order chi connectivity index (χ0) is 17.7. The van der Waals surface area contributed by atoms with Crippen molar-refractivity contribution in [3.8, 4) is 0 Å². The van der Waals surface area contributed by atoms with Gasteiger partial charge in [-0.15, -0.1) is 0 Å². The molecule has 2 amide bonds. The number of carbonyl (C=O) groups excluding carboxylic acids is 2. The summed E-state index contributed by atoms with van der Waals surface area (Å²) < 4.78 is 0. The van der Waals surface area contributed by atoms with Gasteiger partial charge in [-0.25, -0.2) is 0 Å². The van der Waals surface area contributed by atoms with Crippen LogP contribution in [0, 0.1) is 0 Å². The predicted octanol–water partition coefficient (Wildman–Crippen LogP) is 0.870. The molecule has 23 heavy (non-hydrogen) atoms. The Balaban J connectivity index is 2.44. The van der Waals surface area contributed by atoms with Gasteiger partial charge in [-0.1, -0.05) is 13.8 Å². The van der Waals surface area contributed by atoms with Crippen LogP contribution >= 0.6 is 0 Å². The molecule has 0 bridgehead atoms. The van der Waals surface area contributed by atoms with E-state index in [0.717, 1.165) is 32.5 Å². The molecule has 1 fully saturated rings. The van der Waals surface area contributed by atoms with Crippen molar-refractivity contribution in [2.45, 2.75) is 71.5 Å². The van der Waals surface area contributed by atoms with Crippen molar-refractivity contribution in [1.29, 1.82) is 0 Å². The highest BCUT2D eigenvalue weighted by Crippen LogP contribution is 2.28. The zero-order valence-electron chi connectivity index (χ0n) is 15.6. The molecule has 0 aliphatic carbocycles. The molecule has 1 aliphatic heterocycles. The molecule has 1 heterocycles. The molecule has 1 saturated heterocycles. The van der Waals surface area contributed by atoms with Crippen LogP contribution in [0.1, 0.15) is 54.4 Å². The average Bonchev–Trinajstić information content (AvgIpc) is 2.39. The van der Waals surface area contributed by atoms with Gasteiger partial charge in [-0.2, -0.15) is 0 Å². The Labute approximate surface area is 140 Å². The first kappa shape index (κ1) is 19.9. The van der Waals surface area contributed by atoms with Gasteiger partial charge in [0.25, 0.3) is 0 Å². The molecule has 0 spiro atoms. The van der Waals surface area contributed by atoms with Crippen LogP contribution in [0.25, 0.3) is 0 Å². The first-order chi connectivity index (χ1) is 10.6. The third-order valence-corrected chi connectivity index (χ3v) is 4.34. The molecule has 6 nitrogen and oxygen atoms in total. The lowest BCUT2D eigenvalue weighted by Crippen LogP contribution is -2.62. The van der Waals surface area contributed by atoms with Gasteiger partial charge in [0.2, 0.25) is 0 Å². The van der Waals surface area contributed by atoms with E-state index in [4.69, 9.17) is 0 Å². The number of amides is 2. The highest BCUT2D eigenvalue weighted by atomic mass is 16.2. The maximum Gasteiger partial charge on any atom is 0.309 e. The highest BCUT2D eigenvalue weighted by molar-refractivity contribution is 6.35. The maximum absolute atomic E-state index is 12.1. The smallest absolute Gasteiger partial charge is 0.309 e. The van der Waals surface area contributed by atoms with Crippen LogP contribution in [0.3, 0.4) is 0 Å². The minimum Gasteiger partial charge on any atom is -0.347 e. The number of likely N-dealkylation sites (N-methyl/N-ethyl adjacent to an activating group) is 1. The van der Waals surface area contributed by atoms with E-state index >= 15 is 0 Å². The van der Waals surface area contributed by atoms with Crippen molar-refractivity contribution in [3.05, 3.63) is 0 Å². The minimum absolute atomic E-state index is 0.0160. The molecular weight excluding hydrogens is 292 g/mol. The Bertz CT molecular complexity index is 401. The van der Waals surface area contributed by atoms with E-state index in [1.54, 1.807) is 0 Å². The number of carbonyl (C=O) groups is 2. The summed E-state index contributed by atoms with van der Waals surface area (Å²) in [7, 11) is 0. The van der Waals surface area contributed by atoms with Gasteiger partial charge < -0.3 is 20.9 Å². The summed E-state index contributed by atoms with van der Waals surface area (Å²) in [5.41, 5.74) is -0.113. The molecule has 0 atom stereocenters. The second kappa shape index (κ2) is 8.11. The Hall–Kier alpha value is -1.14. The Kier molecular flexibility index (Phi) is 7.02. The van der Waals surface area contributed by atoms with E-state index < -0.39 is 11.8 Å². The van der Waals surface area contributed by atoms with E-state index in [0.29, 0.717) is 6.54 Å². The summed E-state index contributed by atoms with van der Waals surface area (Å²) in [4.78, 5) is 26.2. The third-order valence-electron chi connectivity index (χ3n) is 4.34. The molecule has 0 radical (unpaired) electrons. The summed E-state index contributed by atoms with van der Waals surface area (Å²) in [6.45, 7) is 15.8. The third kappa shape index (κ3) is 6.87. The molecule has 6 heteroatoms. The van der Waals surface area contributed by atoms with Crippen molar-refractivity contribution in [1.82, 2.24) is 20.9 Å². The van der Waals surface area contributed by atoms with Crippen LogP contribution in [-0.2, 0) is 9.59 Å². The van der Waals surface area contributed by atoms with Crippen LogP contribution in [0.4, 0.5) is 0 Å². The number of nitrogens with zero attached hydrogens (tertiary/aromatic N) is 1. The molecule has 0 saturated carbocycles. The fourth-order valence-corrected chi connectivity index (χ4v) is 3.62. The Morgan fingerprint density at radius 2 is 1.57 bits per heavy atom. The summed E-state index contributed by atoms with van der Waals surface area (Å²) in [5, 5.41) is 9.16. The lowest BCUT2D eigenvalue weighted by Gasteiger charge is -2.46. The largest absolute Gasteiger partial charge is 0.347 e. The molecule has 0 aromatic heterocycles. The number of hydrogen-bond donors (Lipinski definition) is 3. The minimum atomic E-state index is -0.536. The maximum atomic E-state index is 12.1. The van der Waals surface area contributed by atoms with Crippen LogP contribution < -0.4 is 16.0 Å². The summed E-state index contributed by atoms with van der Waals surface area (Å²) >= 11 is 0. The monoisotopic (exact) mass is 326 g/mol. The quantitative estimate of drug-likeness (QED) is 0.633. The Morgan fingerprint density at radius 3 is 2.04 bits per heavy atom. The fraction of sp³-hybridized carbons (Fsp3) is 0.882. The summed E-state index contributed by atoms with van der Waals surface area (Å²) in [6.07, 6.45) is 1.63. The number of piperidine rings is 1. The van der Waals surface area contributed by atoms with E-state index in [1.165, 1.54) is 0 Å². The topological polar surface area (TPSA) is 73.5 Å². The van der Waals surface area contributed by atoms with Crippen molar-refractivity contribution >= 4 is 11.8 Å². The number of nitrogens with one attached hydrogen (secondary N) is 3. The fourth-order valence-electron chi connectivity index (χ4n) is 3.62. The highest BCUT2D eigenvalue weighted by Gasteiger charge is 2.38. The van der Waals surface area contributed by atoms with E-state index in [9.17, 15) is 9.59 Å². The van der Waals surface area contributed by atoms with Crippen LogP contribution in [0.2, 0.25) is 0 Å². The molecule has 0 unspecified atom stereocenters. The second-order valence-corrected chi connectivity index (χ2v) is 7.75. The van der Waals surface area contributed by atoms with Crippen molar-refractivity contribution in [2.75, 3.05) is 26.2 Å². The van der Waals surface area contributed by atoms with Crippen LogP contribution in [-0.4, -0.2) is 60.0 Å². The van der Waals surface area contributed by atoms with Gasteiger partial charge in [-0.3, -0.25) is 9.59 Å². The second-order valence-electron chi connectivity index (χ2n) is 7.75. The van der Waals surface area contributed by atoms with Crippen LogP contribution in [0.5, 0.6) is 0 Å². The predicted molar refractivity (Wildman–Crippen MR) is 93.3 cm³/mol. The lowest BCUT2D eigenvalue weighted by atomic mass is 9.79. The van der Waals surface area contributed by atoms with Gasteiger partial charge in [0, 0.05) is 30.2 Å². The van der Waals surface area contributed by atoms with E-state index in [1.807, 2.05) is 0 Å². The zero-order valence-corrected chi connectivity index (χ0v) is 15.6. The summed E-state index contributed by atoms with van der Waals surface area (Å²) in [6, 6.07) is 0.0160. The molecule has 0 aromatic carbocycles. The number of rotatable bonds is 6. The molecule has 0 aromatic rings. The Morgan fingerprint density at radius 1 is 1.04 bits per heavy atom. The SMILES string of the molecule is CCN(CC)CCNC(=O)C(=O)NC1CC(C)(C)NC(C)(C)C1. The normalized spacial score (nSPS) is 20.3. The van der Waals surface area contributed by atoms with Gasteiger partial charge in [0.05, 0.1) is 0 Å². The van der Waals surface area contributed by atoms with Gasteiger partial charge >= 0.3 is 11.8 Å². The van der Waals surface area contributed by atoms with Crippen molar-refractivity contribution in [2.24, 2.45) is 0 Å². The molecule has 134 valence electrons. The van der Waals surface area contributed by atoms with Gasteiger partial charge in [0.15, 0.2) is 0 Å². The number of hydrogen-bond acceptors (Lipinski definition) is 4. The molecule has 1 rings (SSSR count). The molecular formula is C17H34N4O2. The van der Waals surface area contributed by atoms with E-state index in [2.05, 4.69) is 62.4 Å². The van der Waals surface area contributed by atoms with Gasteiger partial charge in [0.1, 0.15) is 0 Å². The molecule has 1 aliphatic rings. The lowest BCUT2D eigenvalue weighted by molar-refractivity contribution is -0.140. The van der Waals surface area contributed by atoms with Crippen molar-refractivity contribution in [3.63, 3.8) is 0 Å². The standard InChI is InChI=1S/C17H34N4O2/c1-7-21(8-2)10-9-18-14(22)15(23)19-13-11-16(3,4)20-17(5,6)12-13/h13,20H,7-12H2,1-6H3,(H,18,22)(H,19,23). The van der Waals surface area contributed by atoms with E-state index in [-0.39, 0.29) is 17.1 Å². The first-order valence-corrected chi connectivity index (χ1v) is 8.69. The summed E-state index contributed by atoms with van der Waals surface area (Å²) in [5.74, 6) is -1.06. The first-order valence-electron chi connectivity index (χ1n) is 8.69. The van der Waals surface area contributed by atoms with Crippen molar-refractivity contribution < 1.29 is 9.59 Å².